The highest BCUT2D eigenvalue weighted by Gasteiger charge is 2.23. The number of hydrogen-bond acceptors (Lipinski definition) is 3. The first kappa shape index (κ1) is 24.3. The summed E-state index contributed by atoms with van der Waals surface area (Å²) in [5.74, 6) is -0.362. The van der Waals surface area contributed by atoms with Gasteiger partial charge in [0.1, 0.15) is 6.54 Å². The summed E-state index contributed by atoms with van der Waals surface area (Å²) < 4.78 is 7.15. The standard InChI is InChI=1S/C22H29Cl2N3O3/c1-4-5-11-27(22(29)17-8-9-19(23)20(24)14-17)16-21(28)26(12-13-30-3)15-18-7-6-10-25(18)2/h6-10,14H,4-5,11-13,15-16H2,1-3H3. The Bertz CT molecular complexity index is 854. The lowest BCUT2D eigenvalue weighted by Gasteiger charge is -2.28. The summed E-state index contributed by atoms with van der Waals surface area (Å²) in [5.41, 5.74) is 1.43. The van der Waals surface area contributed by atoms with Gasteiger partial charge in [-0.3, -0.25) is 9.59 Å². The Morgan fingerprint density at radius 3 is 2.47 bits per heavy atom. The van der Waals surface area contributed by atoms with Gasteiger partial charge in [-0.05, 0) is 36.8 Å². The van der Waals surface area contributed by atoms with Gasteiger partial charge in [-0.2, -0.15) is 0 Å². The molecule has 0 atom stereocenters. The molecule has 2 amide bonds. The van der Waals surface area contributed by atoms with Crippen LogP contribution >= 0.6 is 23.2 Å². The van der Waals surface area contributed by atoms with Crippen molar-refractivity contribution >= 4 is 35.0 Å². The number of benzene rings is 1. The lowest BCUT2D eigenvalue weighted by molar-refractivity contribution is -0.133. The molecule has 2 aromatic rings. The molecule has 0 unspecified atom stereocenters. The molecule has 0 aliphatic rings. The zero-order chi connectivity index (χ0) is 22.1. The molecule has 0 radical (unpaired) electrons. The summed E-state index contributed by atoms with van der Waals surface area (Å²) in [6.45, 7) is 3.85. The smallest absolute Gasteiger partial charge is 0.254 e. The van der Waals surface area contributed by atoms with Crippen LogP contribution in [0.4, 0.5) is 0 Å². The second-order valence-corrected chi connectivity index (χ2v) is 7.94. The maximum atomic E-state index is 13.1. The fraction of sp³-hybridized carbons (Fsp3) is 0.455. The number of aromatic nitrogens is 1. The van der Waals surface area contributed by atoms with Crippen molar-refractivity contribution in [2.75, 3.05) is 33.4 Å². The molecule has 1 heterocycles. The summed E-state index contributed by atoms with van der Waals surface area (Å²) in [6, 6.07) is 8.69. The van der Waals surface area contributed by atoms with E-state index < -0.39 is 0 Å². The number of rotatable bonds is 11. The third kappa shape index (κ3) is 6.76. The van der Waals surface area contributed by atoms with Gasteiger partial charge in [-0.25, -0.2) is 0 Å². The van der Waals surface area contributed by atoms with Gasteiger partial charge >= 0.3 is 0 Å². The fourth-order valence-electron chi connectivity index (χ4n) is 3.03. The average Bonchev–Trinajstić information content (AvgIpc) is 3.14. The molecule has 30 heavy (non-hydrogen) atoms. The minimum absolute atomic E-state index is 0.00673. The quantitative estimate of drug-likeness (QED) is 0.510. The van der Waals surface area contributed by atoms with Gasteiger partial charge in [0.25, 0.3) is 5.91 Å². The Kier molecular flexibility index (Phi) is 9.69. The second-order valence-electron chi connectivity index (χ2n) is 7.13. The van der Waals surface area contributed by atoms with Crippen molar-refractivity contribution in [3.05, 3.63) is 57.8 Å². The van der Waals surface area contributed by atoms with E-state index in [0.29, 0.717) is 41.8 Å². The highest BCUT2D eigenvalue weighted by atomic mass is 35.5. The largest absolute Gasteiger partial charge is 0.383 e. The van der Waals surface area contributed by atoms with Crippen LogP contribution in [0.2, 0.25) is 10.0 Å². The van der Waals surface area contributed by atoms with E-state index in [9.17, 15) is 9.59 Å². The molecular formula is C22H29Cl2N3O3. The average molecular weight is 454 g/mol. The summed E-state index contributed by atoms with van der Waals surface area (Å²) >= 11 is 12.1. The van der Waals surface area contributed by atoms with Crippen LogP contribution in [0.5, 0.6) is 0 Å². The first-order chi connectivity index (χ1) is 14.4. The normalized spacial score (nSPS) is 10.8. The highest BCUT2D eigenvalue weighted by molar-refractivity contribution is 6.42. The molecule has 1 aromatic heterocycles. The molecule has 164 valence electrons. The SMILES string of the molecule is CCCCN(CC(=O)N(CCOC)Cc1cccn1C)C(=O)c1ccc(Cl)c(Cl)c1. The van der Waals surface area contributed by atoms with Crippen molar-refractivity contribution in [2.45, 2.75) is 26.3 Å². The van der Waals surface area contributed by atoms with E-state index in [0.717, 1.165) is 18.5 Å². The van der Waals surface area contributed by atoms with Gasteiger partial charge in [0, 0.05) is 44.7 Å². The Morgan fingerprint density at radius 1 is 1.10 bits per heavy atom. The number of aryl methyl sites for hydroxylation is 1. The summed E-state index contributed by atoms with van der Waals surface area (Å²) in [6.07, 6.45) is 3.65. The van der Waals surface area contributed by atoms with E-state index >= 15 is 0 Å². The Morgan fingerprint density at radius 2 is 1.87 bits per heavy atom. The number of halogens is 2. The van der Waals surface area contributed by atoms with E-state index in [2.05, 4.69) is 0 Å². The number of ether oxygens (including phenoxy) is 1. The molecule has 0 bridgehead atoms. The summed E-state index contributed by atoms with van der Waals surface area (Å²) in [7, 11) is 3.54. The van der Waals surface area contributed by atoms with Gasteiger partial charge in [0.2, 0.25) is 5.91 Å². The zero-order valence-electron chi connectivity index (χ0n) is 17.7. The molecule has 1 aromatic carbocycles. The van der Waals surface area contributed by atoms with Crippen LogP contribution in [0, 0.1) is 0 Å². The Labute approximate surface area is 188 Å². The van der Waals surface area contributed by atoms with Crippen LogP contribution in [0.3, 0.4) is 0 Å². The zero-order valence-corrected chi connectivity index (χ0v) is 19.2. The molecule has 0 aliphatic carbocycles. The lowest BCUT2D eigenvalue weighted by atomic mass is 10.2. The van der Waals surface area contributed by atoms with Crippen LogP contribution in [0.1, 0.15) is 35.8 Å². The number of hydrogen-bond donors (Lipinski definition) is 0. The van der Waals surface area contributed by atoms with E-state index in [1.807, 2.05) is 36.9 Å². The van der Waals surface area contributed by atoms with Crippen molar-refractivity contribution in [3.63, 3.8) is 0 Å². The third-order valence-electron chi connectivity index (χ3n) is 4.88. The number of nitrogens with zero attached hydrogens (tertiary/aromatic N) is 3. The van der Waals surface area contributed by atoms with E-state index in [-0.39, 0.29) is 18.4 Å². The summed E-state index contributed by atoms with van der Waals surface area (Å²) in [5, 5.41) is 0.701. The number of unbranched alkanes of at least 4 members (excludes halogenated alkanes) is 1. The molecule has 2 rings (SSSR count). The molecule has 0 N–H and O–H groups in total. The van der Waals surface area contributed by atoms with Crippen molar-refractivity contribution < 1.29 is 14.3 Å². The van der Waals surface area contributed by atoms with E-state index in [4.69, 9.17) is 27.9 Å². The lowest BCUT2D eigenvalue weighted by Crippen LogP contribution is -2.44. The van der Waals surface area contributed by atoms with Crippen molar-refractivity contribution in [3.8, 4) is 0 Å². The first-order valence-corrected chi connectivity index (χ1v) is 10.7. The molecule has 0 spiro atoms. The molecule has 0 saturated heterocycles. The highest BCUT2D eigenvalue weighted by Crippen LogP contribution is 2.23. The fourth-order valence-corrected chi connectivity index (χ4v) is 3.32. The molecular weight excluding hydrogens is 425 g/mol. The maximum Gasteiger partial charge on any atom is 0.254 e. The first-order valence-electron chi connectivity index (χ1n) is 9.98. The van der Waals surface area contributed by atoms with Gasteiger partial charge in [0.05, 0.1) is 23.2 Å². The molecule has 0 aliphatic heterocycles. The number of amides is 2. The van der Waals surface area contributed by atoms with E-state index in [1.165, 1.54) is 0 Å². The maximum absolute atomic E-state index is 13.1. The minimum atomic E-state index is -0.235. The van der Waals surface area contributed by atoms with Gasteiger partial charge in [-0.15, -0.1) is 0 Å². The molecule has 0 saturated carbocycles. The Hall–Kier alpha value is -2.02. The number of methoxy groups -OCH3 is 1. The predicted octanol–water partition coefficient (Wildman–Crippen LogP) is 4.25. The molecule has 8 heteroatoms. The van der Waals surface area contributed by atoms with Gasteiger partial charge in [0.15, 0.2) is 0 Å². The molecule has 0 fully saturated rings. The second kappa shape index (κ2) is 12.0. The summed E-state index contributed by atoms with van der Waals surface area (Å²) in [4.78, 5) is 29.5. The van der Waals surface area contributed by atoms with Gasteiger partial charge < -0.3 is 19.1 Å². The van der Waals surface area contributed by atoms with Crippen LogP contribution < -0.4 is 0 Å². The van der Waals surface area contributed by atoms with Crippen LogP contribution in [-0.4, -0.2) is 59.5 Å². The van der Waals surface area contributed by atoms with Gasteiger partial charge in [-0.1, -0.05) is 36.5 Å². The van der Waals surface area contributed by atoms with Crippen LogP contribution in [0.25, 0.3) is 0 Å². The Balaban J connectivity index is 2.18. The van der Waals surface area contributed by atoms with Crippen LogP contribution in [0.15, 0.2) is 36.5 Å². The molecule has 6 nitrogen and oxygen atoms in total. The van der Waals surface area contributed by atoms with Crippen molar-refractivity contribution in [2.24, 2.45) is 7.05 Å². The number of carbonyl (C=O) groups is 2. The topological polar surface area (TPSA) is 54.8 Å². The predicted molar refractivity (Wildman–Crippen MR) is 120 cm³/mol. The third-order valence-corrected chi connectivity index (χ3v) is 5.62. The monoisotopic (exact) mass is 453 g/mol. The van der Waals surface area contributed by atoms with Crippen LogP contribution in [-0.2, 0) is 23.1 Å². The minimum Gasteiger partial charge on any atom is -0.383 e. The number of carbonyl (C=O) groups excluding carboxylic acids is 2. The van der Waals surface area contributed by atoms with E-state index in [1.54, 1.807) is 35.1 Å². The van der Waals surface area contributed by atoms with Crippen molar-refractivity contribution in [1.82, 2.24) is 14.4 Å². The van der Waals surface area contributed by atoms with Crippen molar-refractivity contribution in [1.29, 1.82) is 0 Å².